The molecule has 1 aromatic rings. The highest BCUT2D eigenvalue weighted by Gasteiger charge is 2.30. The van der Waals surface area contributed by atoms with Crippen LogP contribution in [0, 0.1) is 0 Å². The molecule has 0 radical (unpaired) electrons. The van der Waals surface area contributed by atoms with Crippen LogP contribution in [0.2, 0.25) is 0 Å². The zero-order valence-corrected chi connectivity index (χ0v) is 11.8. The number of carbonyl (C=O) groups excluding carboxylic acids is 1. The number of rotatable bonds is 2. The Bertz CT molecular complexity index is 509. The molecule has 0 fully saturated rings. The lowest BCUT2D eigenvalue weighted by Crippen LogP contribution is -2.18. The van der Waals surface area contributed by atoms with E-state index >= 15 is 0 Å². The zero-order valence-electron chi connectivity index (χ0n) is 11.8. The molecule has 0 aromatic carbocycles. The van der Waals surface area contributed by atoms with Gasteiger partial charge in [-0.2, -0.15) is 5.10 Å². The van der Waals surface area contributed by atoms with E-state index in [0.717, 1.165) is 35.4 Å². The molecule has 0 unspecified atom stereocenters. The summed E-state index contributed by atoms with van der Waals surface area (Å²) in [6.45, 7) is 4.21. The van der Waals surface area contributed by atoms with Crippen molar-refractivity contribution in [1.29, 1.82) is 0 Å². The molecule has 0 aliphatic heterocycles. The number of Topliss-reactive ketones (excluding diaryl/α,β-unsaturated/α-hetero) is 1. The minimum absolute atomic E-state index is 0.154. The highest BCUT2D eigenvalue weighted by atomic mass is 16.1. The maximum absolute atomic E-state index is 12.5. The molecule has 1 aliphatic rings. The Morgan fingerprint density at radius 2 is 2.00 bits per heavy atom. The summed E-state index contributed by atoms with van der Waals surface area (Å²) in [5.74, 6) is 0.468. The van der Waals surface area contributed by atoms with Gasteiger partial charge in [0.15, 0.2) is 5.78 Å². The Labute approximate surface area is 108 Å². The Kier molecular flexibility index (Phi) is 3.28. The van der Waals surface area contributed by atoms with Gasteiger partial charge in [0.05, 0.1) is 17.0 Å². The first-order valence-electron chi connectivity index (χ1n) is 6.39. The van der Waals surface area contributed by atoms with Gasteiger partial charge in [-0.3, -0.25) is 9.48 Å². The van der Waals surface area contributed by atoms with Crippen LogP contribution in [0.4, 0.5) is 0 Å². The number of nitrogens with zero attached hydrogens (tertiary/aromatic N) is 3. The monoisotopic (exact) mass is 247 g/mol. The number of aromatic nitrogens is 2. The minimum Gasteiger partial charge on any atom is -0.383 e. The van der Waals surface area contributed by atoms with Gasteiger partial charge < -0.3 is 4.90 Å². The molecule has 0 saturated heterocycles. The van der Waals surface area contributed by atoms with Crippen LogP contribution < -0.4 is 0 Å². The second kappa shape index (κ2) is 4.59. The van der Waals surface area contributed by atoms with Crippen molar-refractivity contribution in [2.24, 2.45) is 7.05 Å². The maximum Gasteiger partial charge on any atom is 0.194 e. The molecule has 0 bridgehead atoms. The number of allylic oxidation sites excluding steroid dienone is 1. The summed E-state index contributed by atoms with van der Waals surface area (Å²) in [6, 6.07) is 0. The van der Waals surface area contributed by atoms with Gasteiger partial charge in [0, 0.05) is 32.9 Å². The summed E-state index contributed by atoms with van der Waals surface area (Å²) >= 11 is 0. The topological polar surface area (TPSA) is 38.1 Å². The van der Waals surface area contributed by atoms with E-state index < -0.39 is 0 Å². The fraction of sp³-hybridized carbons (Fsp3) is 0.571. The number of hydrogen-bond donors (Lipinski definition) is 0. The van der Waals surface area contributed by atoms with E-state index in [-0.39, 0.29) is 5.78 Å². The number of hydrogen-bond acceptors (Lipinski definition) is 3. The van der Waals surface area contributed by atoms with Crippen molar-refractivity contribution >= 4 is 5.78 Å². The van der Waals surface area contributed by atoms with E-state index in [1.54, 1.807) is 0 Å². The summed E-state index contributed by atoms with van der Waals surface area (Å²) < 4.78 is 1.87. The molecular weight excluding hydrogens is 226 g/mol. The third-order valence-electron chi connectivity index (χ3n) is 3.27. The molecule has 2 rings (SSSR count). The average Bonchev–Trinajstić information content (AvgIpc) is 2.59. The average molecular weight is 247 g/mol. The smallest absolute Gasteiger partial charge is 0.194 e. The van der Waals surface area contributed by atoms with Crippen molar-refractivity contribution < 1.29 is 4.79 Å². The van der Waals surface area contributed by atoms with Crippen molar-refractivity contribution in [3.8, 4) is 0 Å². The molecule has 1 aromatic heterocycles. The van der Waals surface area contributed by atoms with E-state index in [0.29, 0.717) is 5.92 Å². The SMILES string of the molecule is CC(C)c1c2c(nn1C)CCC(=CN(C)C)C2=O. The molecule has 18 heavy (non-hydrogen) atoms. The summed E-state index contributed by atoms with van der Waals surface area (Å²) in [5, 5.41) is 4.49. The fourth-order valence-corrected chi connectivity index (χ4v) is 2.64. The Morgan fingerprint density at radius 3 is 2.56 bits per heavy atom. The van der Waals surface area contributed by atoms with Crippen LogP contribution in [0.3, 0.4) is 0 Å². The first kappa shape index (κ1) is 12.9. The molecule has 4 nitrogen and oxygen atoms in total. The van der Waals surface area contributed by atoms with E-state index in [1.165, 1.54) is 0 Å². The molecule has 4 heteroatoms. The first-order valence-corrected chi connectivity index (χ1v) is 6.39. The van der Waals surface area contributed by atoms with Gasteiger partial charge in [0.2, 0.25) is 0 Å². The predicted molar refractivity (Wildman–Crippen MR) is 71.7 cm³/mol. The third-order valence-corrected chi connectivity index (χ3v) is 3.27. The Morgan fingerprint density at radius 1 is 1.33 bits per heavy atom. The fourth-order valence-electron chi connectivity index (χ4n) is 2.64. The van der Waals surface area contributed by atoms with Crippen LogP contribution in [0.1, 0.15) is 47.9 Å². The number of carbonyl (C=O) groups is 1. The Balaban J connectivity index is 2.51. The molecule has 0 saturated carbocycles. The summed E-state index contributed by atoms with van der Waals surface area (Å²) in [4.78, 5) is 14.5. The molecule has 0 atom stereocenters. The van der Waals surface area contributed by atoms with Crippen molar-refractivity contribution in [1.82, 2.24) is 14.7 Å². The van der Waals surface area contributed by atoms with E-state index in [4.69, 9.17) is 0 Å². The van der Waals surface area contributed by atoms with Crippen molar-refractivity contribution in [2.45, 2.75) is 32.6 Å². The highest BCUT2D eigenvalue weighted by molar-refractivity contribution is 6.11. The standard InChI is InChI=1S/C14H21N3O/c1-9(2)13-12-11(15-17(13)5)7-6-10(14(12)18)8-16(3)4/h8-9H,6-7H2,1-5H3. The highest BCUT2D eigenvalue weighted by Crippen LogP contribution is 2.30. The summed E-state index contributed by atoms with van der Waals surface area (Å²) in [5.41, 5.74) is 3.75. The molecule has 0 amide bonds. The second-order valence-electron chi connectivity index (χ2n) is 5.43. The lowest BCUT2D eigenvalue weighted by molar-refractivity contribution is 0.102. The van der Waals surface area contributed by atoms with Crippen LogP contribution in [0.25, 0.3) is 0 Å². The lowest BCUT2D eigenvalue weighted by Gasteiger charge is -2.17. The summed E-state index contributed by atoms with van der Waals surface area (Å²) in [6.07, 6.45) is 3.59. The quantitative estimate of drug-likeness (QED) is 0.751. The minimum atomic E-state index is 0.154. The lowest BCUT2D eigenvalue weighted by atomic mass is 9.88. The van der Waals surface area contributed by atoms with Crippen LogP contribution in [-0.2, 0) is 13.5 Å². The van der Waals surface area contributed by atoms with Gasteiger partial charge >= 0.3 is 0 Å². The molecule has 0 spiro atoms. The van der Waals surface area contributed by atoms with E-state index in [1.807, 2.05) is 36.9 Å². The van der Waals surface area contributed by atoms with Crippen molar-refractivity contribution in [3.63, 3.8) is 0 Å². The van der Waals surface area contributed by atoms with E-state index in [9.17, 15) is 4.79 Å². The van der Waals surface area contributed by atoms with Crippen molar-refractivity contribution in [2.75, 3.05) is 14.1 Å². The second-order valence-corrected chi connectivity index (χ2v) is 5.43. The van der Waals surface area contributed by atoms with Gasteiger partial charge in [-0.05, 0) is 18.8 Å². The van der Waals surface area contributed by atoms with Gasteiger partial charge in [-0.1, -0.05) is 13.8 Å². The normalized spacial score (nSPS) is 17.4. The van der Waals surface area contributed by atoms with Gasteiger partial charge in [-0.25, -0.2) is 0 Å². The number of ketones is 1. The first-order chi connectivity index (χ1) is 8.41. The third kappa shape index (κ3) is 2.07. The largest absolute Gasteiger partial charge is 0.383 e. The summed E-state index contributed by atoms with van der Waals surface area (Å²) in [7, 11) is 5.82. The van der Waals surface area contributed by atoms with Crippen LogP contribution in [0.5, 0.6) is 0 Å². The van der Waals surface area contributed by atoms with E-state index in [2.05, 4.69) is 18.9 Å². The Hall–Kier alpha value is -1.58. The van der Waals surface area contributed by atoms with Crippen LogP contribution in [0.15, 0.2) is 11.8 Å². The van der Waals surface area contributed by atoms with Crippen LogP contribution >= 0.6 is 0 Å². The number of aryl methyl sites for hydroxylation is 2. The molecule has 0 N–H and O–H groups in total. The van der Waals surface area contributed by atoms with Crippen molar-refractivity contribution in [3.05, 3.63) is 28.7 Å². The zero-order chi connectivity index (χ0) is 13.4. The molecule has 1 aliphatic carbocycles. The van der Waals surface area contributed by atoms with Gasteiger partial charge in [0.25, 0.3) is 0 Å². The molecule has 98 valence electrons. The molecular formula is C14H21N3O. The van der Waals surface area contributed by atoms with Crippen LogP contribution in [-0.4, -0.2) is 34.6 Å². The predicted octanol–water partition coefficient (Wildman–Crippen LogP) is 2.12. The molecule has 1 heterocycles. The van der Waals surface area contributed by atoms with Gasteiger partial charge in [0.1, 0.15) is 0 Å². The van der Waals surface area contributed by atoms with Gasteiger partial charge in [-0.15, -0.1) is 0 Å². The number of fused-ring (bicyclic) bond motifs is 1. The maximum atomic E-state index is 12.5.